The van der Waals surface area contributed by atoms with Crippen LogP contribution in [0.2, 0.25) is 0 Å². The third-order valence-corrected chi connectivity index (χ3v) is 4.60. The number of carbonyl (C=O) groups is 1. The Morgan fingerprint density at radius 2 is 2.00 bits per heavy atom. The number of aromatic nitrogens is 1. The molecule has 0 bridgehead atoms. The number of pyridine rings is 1. The van der Waals surface area contributed by atoms with Crippen molar-refractivity contribution in [2.75, 3.05) is 6.61 Å². The molecule has 1 heterocycles. The van der Waals surface area contributed by atoms with Gasteiger partial charge in [0.15, 0.2) is 0 Å². The Morgan fingerprint density at radius 1 is 1.33 bits per heavy atom. The van der Waals surface area contributed by atoms with Crippen LogP contribution in [0.3, 0.4) is 0 Å². The predicted octanol–water partition coefficient (Wildman–Crippen LogP) is 3.72. The molecule has 0 spiro atoms. The minimum absolute atomic E-state index is 0.0426. The molecule has 0 amide bonds. The lowest BCUT2D eigenvalue weighted by molar-refractivity contribution is 0.103. The Balaban J connectivity index is 2.75. The molecule has 2 aromatic rings. The van der Waals surface area contributed by atoms with Crippen molar-refractivity contribution in [1.29, 1.82) is 5.26 Å². The van der Waals surface area contributed by atoms with Gasteiger partial charge in [0, 0.05) is 6.04 Å². The second-order valence-electron chi connectivity index (χ2n) is 6.42. The fourth-order valence-corrected chi connectivity index (χ4v) is 2.91. The van der Waals surface area contributed by atoms with Gasteiger partial charge in [0.05, 0.1) is 17.7 Å². The van der Waals surface area contributed by atoms with E-state index in [0.717, 1.165) is 11.0 Å². The van der Waals surface area contributed by atoms with E-state index in [4.69, 9.17) is 4.74 Å². The molecule has 142 valence electrons. The Morgan fingerprint density at radius 3 is 2.59 bits per heavy atom. The van der Waals surface area contributed by atoms with Crippen LogP contribution in [-0.2, 0) is 0 Å². The molecule has 6 heteroatoms. The van der Waals surface area contributed by atoms with Gasteiger partial charge in [-0.05, 0) is 44.4 Å². The molecule has 1 atom stereocenters. The van der Waals surface area contributed by atoms with E-state index in [1.54, 1.807) is 31.2 Å². The molecule has 0 aliphatic heterocycles. The van der Waals surface area contributed by atoms with Crippen LogP contribution in [0.15, 0.2) is 29.1 Å². The lowest BCUT2D eigenvalue weighted by atomic mass is 9.96. The van der Waals surface area contributed by atoms with Crippen molar-refractivity contribution in [2.45, 2.75) is 46.6 Å². The quantitative estimate of drug-likeness (QED) is 0.752. The molecule has 6 nitrogen and oxygen atoms in total. The minimum atomic E-state index is -0.589. The maximum absolute atomic E-state index is 13.2. The van der Waals surface area contributed by atoms with E-state index >= 15 is 0 Å². The highest BCUT2D eigenvalue weighted by Crippen LogP contribution is 2.30. The van der Waals surface area contributed by atoms with Crippen LogP contribution in [0.5, 0.6) is 11.6 Å². The third-order valence-electron chi connectivity index (χ3n) is 4.60. The number of benzene rings is 1. The number of aromatic hydroxyl groups is 1. The van der Waals surface area contributed by atoms with Gasteiger partial charge in [0.25, 0.3) is 5.56 Å². The van der Waals surface area contributed by atoms with E-state index in [-0.39, 0.29) is 28.3 Å². The lowest BCUT2D eigenvalue weighted by Gasteiger charge is -2.20. The number of rotatable bonds is 7. The van der Waals surface area contributed by atoms with E-state index in [1.807, 2.05) is 19.9 Å². The van der Waals surface area contributed by atoms with Crippen LogP contribution in [0, 0.1) is 18.3 Å². The molecule has 27 heavy (non-hydrogen) atoms. The van der Waals surface area contributed by atoms with Crippen LogP contribution >= 0.6 is 0 Å². The van der Waals surface area contributed by atoms with E-state index in [1.165, 1.54) is 6.92 Å². The summed E-state index contributed by atoms with van der Waals surface area (Å²) in [6, 6.07) is 8.28. The largest absolute Gasteiger partial charge is 0.494 e. The molecule has 1 N–H and O–H groups in total. The van der Waals surface area contributed by atoms with Gasteiger partial charge in [-0.2, -0.15) is 5.26 Å². The molecular weight excluding hydrogens is 344 g/mol. The number of nitrogens with zero attached hydrogens (tertiary/aromatic N) is 2. The third kappa shape index (κ3) is 3.72. The molecule has 1 aromatic carbocycles. The number of para-hydroxylation sites is 1. The summed E-state index contributed by atoms with van der Waals surface area (Å²) in [5, 5.41) is 20.2. The molecular formula is C21H24N2O4. The molecule has 1 aromatic heterocycles. The number of nitriles is 1. The molecule has 0 fully saturated rings. The summed E-state index contributed by atoms with van der Waals surface area (Å²) in [5.74, 6) is -0.491. The van der Waals surface area contributed by atoms with Gasteiger partial charge < -0.3 is 9.84 Å². The van der Waals surface area contributed by atoms with Gasteiger partial charge in [-0.1, -0.05) is 26.0 Å². The van der Waals surface area contributed by atoms with Crippen molar-refractivity contribution in [3.8, 4) is 17.7 Å². The standard InChI is InChI=1S/C21H24N2O4/c1-5-11-27-17-10-8-7-9-15(17)19(24)18-14(4)16(12-22)20(25)23(21(18)26)13(3)6-2/h7-10,13,26H,5-6,11H2,1-4H3. The number of ether oxygens (including phenoxy) is 1. The fraction of sp³-hybridized carbons (Fsp3) is 0.381. The second kappa shape index (κ2) is 8.54. The topological polar surface area (TPSA) is 92.3 Å². The highest BCUT2D eigenvalue weighted by molar-refractivity contribution is 6.13. The van der Waals surface area contributed by atoms with Crippen LogP contribution in [0.25, 0.3) is 0 Å². The molecule has 0 aliphatic rings. The molecule has 0 radical (unpaired) electrons. The van der Waals surface area contributed by atoms with Crippen molar-refractivity contribution in [3.05, 3.63) is 56.9 Å². The molecule has 0 saturated carbocycles. The summed E-state index contributed by atoms with van der Waals surface area (Å²) in [7, 11) is 0. The number of hydrogen-bond acceptors (Lipinski definition) is 5. The van der Waals surface area contributed by atoms with E-state index in [0.29, 0.717) is 18.8 Å². The molecule has 1 unspecified atom stereocenters. The zero-order valence-electron chi connectivity index (χ0n) is 16.1. The summed E-state index contributed by atoms with van der Waals surface area (Å²) in [6.45, 7) is 7.53. The first-order chi connectivity index (χ1) is 12.9. The summed E-state index contributed by atoms with van der Waals surface area (Å²) < 4.78 is 6.77. The zero-order valence-corrected chi connectivity index (χ0v) is 16.1. The maximum atomic E-state index is 13.2. The van der Waals surface area contributed by atoms with Gasteiger partial charge in [-0.15, -0.1) is 0 Å². The second-order valence-corrected chi connectivity index (χ2v) is 6.42. The highest BCUT2D eigenvalue weighted by atomic mass is 16.5. The van der Waals surface area contributed by atoms with Crippen molar-refractivity contribution in [1.82, 2.24) is 4.57 Å². The number of carbonyl (C=O) groups excluding carboxylic acids is 1. The molecule has 0 aliphatic carbocycles. The van der Waals surface area contributed by atoms with Crippen molar-refractivity contribution < 1.29 is 14.6 Å². The van der Waals surface area contributed by atoms with Gasteiger partial charge >= 0.3 is 0 Å². The van der Waals surface area contributed by atoms with E-state index < -0.39 is 17.2 Å². The lowest BCUT2D eigenvalue weighted by Crippen LogP contribution is -2.28. The average Bonchev–Trinajstić information content (AvgIpc) is 2.66. The SMILES string of the molecule is CCCOc1ccccc1C(=O)c1c(C)c(C#N)c(=O)n(C(C)CC)c1O. The normalized spacial score (nSPS) is 11.7. The van der Waals surface area contributed by atoms with Crippen LogP contribution in [-0.4, -0.2) is 22.1 Å². The summed E-state index contributed by atoms with van der Waals surface area (Å²) in [4.78, 5) is 25.9. The first kappa shape index (κ1) is 20.2. The Bertz CT molecular complexity index is 954. The van der Waals surface area contributed by atoms with Crippen molar-refractivity contribution >= 4 is 5.78 Å². The molecule has 0 saturated heterocycles. The Kier molecular flexibility index (Phi) is 6.40. The maximum Gasteiger partial charge on any atom is 0.271 e. The summed E-state index contributed by atoms with van der Waals surface area (Å²) >= 11 is 0. The van der Waals surface area contributed by atoms with Crippen LogP contribution in [0.4, 0.5) is 0 Å². The summed E-state index contributed by atoms with van der Waals surface area (Å²) in [6.07, 6.45) is 1.34. The van der Waals surface area contributed by atoms with Gasteiger partial charge in [0.1, 0.15) is 17.4 Å². The molecule has 2 rings (SSSR count). The Labute approximate surface area is 158 Å². The number of ketones is 1. The average molecular weight is 368 g/mol. The van der Waals surface area contributed by atoms with Gasteiger partial charge in [-0.25, -0.2) is 0 Å². The first-order valence-corrected chi connectivity index (χ1v) is 9.03. The zero-order chi connectivity index (χ0) is 20.1. The van der Waals surface area contributed by atoms with Crippen molar-refractivity contribution in [3.63, 3.8) is 0 Å². The minimum Gasteiger partial charge on any atom is -0.494 e. The van der Waals surface area contributed by atoms with Crippen LogP contribution < -0.4 is 10.3 Å². The van der Waals surface area contributed by atoms with Gasteiger partial charge in [0.2, 0.25) is 11.7 Å². The summed E-state index contributed by atoms with van der Waals surface area (Å²) in [5.41, 5.74) is -0.311. The predicted molar refractivity (Wildman–Crippen MR) is 102 cm³/mol. The number of hydrogen-bond donors (Lipinski definition) is 1. The van der Waals surface area contributed by atoms with Crippen molar-refractivity contribution in [2.24, 2.45) is 0 Å². The van der Waals surface area contributed by atoms with E-state index in [2.05, 4.69) is 0 Å². The first-order valence-electron chi connectivity index (χ1n) is 9.03. The highest BCUT2D eigenvalue weighted by Gasteiger charge is 2.27. The fourth-order valence-electron chi connectivity index (χ4n) is 2.91. The Hall–Kier alpha value is -3.07. The smallest absolute Gasteiger partial charge is 0.271 e. The van der Waals surface area contributed by atoms with Crippen LogP contribution in [0.1, 0.15) is 66.7 Å². The van der Waals surface area contributed by atoms with Gasteiger partial charge in [-0.3, -0.25) is 14.2 Å². The van der Waals surface area contributed by atoms with E-state index in [9.17, 15) is 20.0 Å². The monoisotopic (exact) mass is 368 g/mol.